The first-order chi connectivity index (χ1) is 10.2. The minimum atomic E-state index is 0.224. The zero-order chi connectivity index (χ0) is 15.1. The number of hydrogen-bond donors (Lipinski definition) is 2. The van der Waals surface area contributed by atoms with Crippen molar-refractivity contribution < 1.29 is 9.53 Å². The lowest BCUT2D eigenvalue weighted by molar-refractivity contribution is -0.131. The molecule has 0 radical (unpaired) electrons. The number of nitrogens with one attached hydrogen (secondary N) is 1. The number of likely N-dealkylation sites (tertiary alicyclic amines) is 1. The van der Waals surface area contributed by atoms with E-state index in [9.17, 15) is 4.79 Å². The van der Waals surface area contributed by atoms with Crippen LogP contribution in [0.3, 0.4) is 0 Å². The number of carbonyl (C=O) groups is 1. The van der Waals surface area contributed by atoms with Gasteiger partial charge in [-0.2, -0.15) is 0 Å². The third-order valence-electron chi connectivity index (χ3n) is 3.73. The lowest BCUT2D eigenvalue weighted by atomic mass is 10.1. The second kappa shape index (κ2) is 7.76. The number of ether oxygens (including phenoxy) is 1. The van der Waals surface area contributed by atoms with Gasteiger partial charge in [-0.15, -0.1) is 0 Å². The van der Waals surface area contributed by atoms with Crippen molar-refractivity contribution in [3.05, 3.63) is 18.2 Å². The van der Waals surface area contributed by atoms with Crippen molar-refractivity contribution in [1.29, 1.82) is 0 Å². The summed E-state index contributed by atoms with van der Waals surface area (Å²) in [5.41, 5.74) is 7.47. The second-order valence-electron chi connectivity index (χ2n) is 5.27. The molecule has 0 spiro atoms. The van der Waals surface area contributed by atoms with E-state index in [1.54, 1.807) is 0 Å². The lowest BCUT2D eigenvalue weighted by Gasteiger charge is -2.26. The molecule has 1 aromatic carbocycles. The standard InChI is InChI=1S/C16H25N3O2/c1-2-21-14-8-6-7-13(16(14)17)18-10-9-15(20)19-11-4-3-5-12-19/h6-8,18H,2-5,9-12,17H2,1H3. The van der Waals surface area contributed by atoms with Crippen LogP contribution in [-0.2, 0) is 4.79 Å². The quantitative estimate of drug-likeness (QED) is 0.790. The molecule has 1 heterocycles. The first-order valence-electron chi connectivity index (χ1n) is 7.75. The Morgan fingerprint density at radius 1 is 1.33 bits per heavy atom. The van der Waals surface area contributed by atoms with Gasteiger partial charge in [-0.1, -0.05) is 6.07 Å². The van der Waals surface area contributed by atoms with Gasteiger partial charge in [0.05, 0.1) is 18.0 Å². The number of anilines is 2. The van der Waals surface area contributed by atoms with E-state index >= 15 is 0 Å². The van der Waals surface area contributed by atoms with Gasteiger partial charge in [-0.3, -0.25) is 4.79 Å². The molecule has 0 aromatic heterocycles. The maximum atomic E-state index is 12.1. The molecule has 0 bridgehead atoms. The predicted octanol–water partition coefficient (Wildman–Crippen LogP) is 2.48. The number of para-hydroxylation sites is 1. The summed E-state index contributed by atoms with van der Waals surface area (Å²) in [4.78, 5) is 14.0. The molecule has 0 aliphatic carbocycles. The summed E-state index contributed by atoms with van der Waals surface area (Å²) in [5, 5.41) is 3.23. The van der Waals surface area contributed by atoms with Gasteiger partial charge in [0, 0.05) is 26.1 Å². The fourth-order valence-electron chi connectivity index (χ4n) is 2.59. The van der Waals surface area contributed by atoms with Crippen molar-refractivity contribution in [3.63, 3.8) is 0 Å². The van der Waals surface area contributed by atoms with Crippen molar-refractivity contribution in [2.24, 2.45) is 0 Å². The molecule has 2 rings (SSSR count). The van der Waals surface area contributed by atoms with Crippen LogP contribution in [0.4, 0.5) is 11.4 Å². The Hall–Kier alpha value is -1.91. The summed E-state index contributed by atoms with van der Waals surface area (Å²) >= 11 is 0. The van der Waals surface area contributed by atoms with Crippen LogP contribution < -0.4 is 15.8 Å². The van der Waals surface area contributed by atoms with Crippen LogP contribution in [0.5, 0.6) is 5.75 Å². The van der Waals surface area contributed by atoms with Gasteiger partial charge < -0.3 is 20.7 Å². The molecule has 0 saturated carbocycles. The zero-order valence-electron chi connectivity index (χ0n) is 12.7. The monoisotopic (exact) mass is 291 g/mol. The highest BCUT2D eigenvalue weighted by Crippen LogP contribution is 2.29. The van der Waals surface area contributed by atoms with E-state index in [1.807, 2.05) is 30.0 Å². The molecule has 5 heteroatoms. The van der Waals surface area contributed by atoms with E-state index in [0.717, 1.165) is 31.6 Å². The Bertz CT molecular complexity index is 471. The molecule has 116 valence electrons. The first-order valence-corrected chi connectivity index (χ1v) is 7.75. The van der Waals surface area contributed by atoms with Gasteiger partial charge in [0.1, 0.15) is 5.75 Å². The van der Waals surface area contributed by atoms with Crippen LogP contribution in [0.2, 0.25) is 0 Å². The predicted molar refractivity (Wildman–Crippen MR) is 85.6 cm³/mol. The van der Waals surface area contributed by atoms with E-state index in [1.165, 1.54) is 6.42 Å². The normalized spacial score (nSPS) is 14.8. The van der Waals surface area contributed by atoms with Crippen molar-refractivity contribution in [3.8, 4) is 5.75 Å². The summed E-state index contributed by atoms with van der Waals surface area (Å²) in [5.74, 6) is 0.909. The van der Waals surface area contributed by atoms with Crippen LogP contribution in [0.25, 0.3) is 0 Å². The summed E-state index contributed by atoms with van der Waals surface area (Å²) in [7, 11) is 0. The van der Waals surface area contributed by atoms with Crippen molar-refractivity contribution >= 4 is 17.3 Å². The fraction of sp³-hybridized carbons (Fsp3) is 0.562. The van der Waals surface area contributed by atoms with Gasteiger partial charge in [0.15, 0.2) is 0 Å². The molecule has 3 N–H and O–H groups in total. The van der Waals surface area contributed by atoms with Crippen LogP contribution in [0.1, 0.15) is 32.6 Å². The summed E-state index contributed by atoms with van der Waals surface area (Å²) < 4.78 is 5.46. The molecule has 0 atom stereocenters. The summed E-state index contributed by atoms with van der Waals surface area (Å²) in [6, 6.07) is 5.66. The highest BCUT2D eigenvalue weighted by molar-refractivity contribution is 5.78. The summed E-state index contributed by atoms with van der Waals surface area (Å²) in [6.07, 6.45) is 3.99. The van der Waals surface area contributed by atoms with Gasteiger partial charge in [-0.25, -0.2) is 0 Å². The van der Waals surface area contributed by atoms with Crippen LogP contribution in [0, 0.1) is 0 Å². The van der Waals surface area contributed by atoms with E-state index in [2.05, 4.69) is 5.32 Å². The van der Waals surface area contributed by atoms with Crippen molar-refractivity contribution in [1.82, 2.24) is 4.90 Å². The largest absolute Gasteiger partial charge is 0.492 e. The number of benzene rings is 1. The molecule has 1 fully saturated rings. The van der Waals surface area contributed by atoms with Gasteiger partial charge >= 0.3 is 0 Å². The lowest BCUT2D eigenvalue weighted by Crippen LogP contribution is -2.36. The van der Waals surface area contributed by atoms with E-state index < -0.39 is 0 Å². The Morgan fingerprint density at radius 2 is 2.10 bits per heavy atom. The van der Waals surface area contributed by atoms with Crippen molar-refractivity contribution in [2.45, 2.75) is 32.6 Å². The number of hydrogen-bond acceptors (Lipinski definition) is 4. The molecule has 1 aliphatic rings. The molecular formula is C16H25N3O2. The molecular weight excluding hydrogens is 266 g/mol. The Kier molecular flexibility index (Phi) is 5.72. The SMILES string of the molecule is CCOc1cccc(NCCC(=O)N2CCCCC2)c1N. The Labute approximate surface area is 126 Å². The molecule has 0 unspecified atom stereocenters. The Morgan fingerprint density at radius 3 is 2.81 bits per heavy atom. The third-order valence-corrected chi connectivity index (χ3v) is 3.73. The van der Waals surface area contributed by atoms with Gasteiger partial charge in [-0.05, 0) is 38.3 Å². The third kappa shape index (κ3) is 4.28. The van der Waals surface area contributed by atoms with Crippen molar-refractivity contribution in [2.75, 3.05) is 37.3 Å². The Balaban J connectivity index is 1.82. The maximum absolute atomic E-state index is 12.1. The molecule has 1 aliphatic heterocycles. The van der Waals surface area contributed by atoms with E-state index in [-0.39, 0.29) is 5.91 Å². The van der Waals surface area contributed by atoms with Crippen LogP contribution >= 0.6 is 0 Å². The number of carbonyl (C=O) groups excluding carboxylic acids is 1. The number of nitrogen functional groups attached to an aromatic ring is 1. The van der Waals surface area contributed by atoms with Gasteiger partial charge in [0.2, 0.25) is 5.91 Å². The minimum Gasteiger partial charge on any atom is -0.492 e. The van der Waals surface area contributed by atoms with E-state index in [4.69, 9.17) is 10.5 Å². The molecule has 1 aromatic rings. The number of piperidine rings is 1. The highest BCUT2D eigenvalue weighted by atomic mass is 16.5. The number of amides is 1. The summed E-state index contributed by atoms with van der Waals surface area (Å²) in [6.45, 7) is 4.91. The van der Waals surface area contributed by atoms with Gasteiger partial charge in [0.25, 0.3) is 0 Å². The fourth-order valence-corrected chi connectivity index (χ4v) is 2.59. The smallest absolute Gasteiger partial charge is 0.224 e. The van der Waals surface area contributed by atoms with E-state index in [0.29, 0.717) is 31.0 Å². The highest BCUT2D eigenvalue weighted by Gasteiger charge is 2.15. The molecule has 1 amide bonds. The maximum Gasteiger partial charge on any atom is 0.224 e. The topological polar surface area (TPSA) is 67.6 Å². The zero-order valence-corrected chi connectivity index (χ0v) is 12.7. The average molecular weight is 291 g/mol. The number of nitrogens with two attached hydrogens (primary N) is 1. The number of nitrogens with zero attached hydrogens (tertiary/aromatic N) is 1. The van der Waals surface area contributed by atoms with Crippen LogP contribution in [0.15, 0.2) is 18.2 Å². The molecule has 5 nitrogen and oxygen atoms in total. The molecule has 1 saturated heterocycles. The minimum absolute atomic E-state index is 0.224. The second-order valence-corrected chi connectivity index (χ2v) is 5.27. The van der Waals surface area contributed by atoms with Crippen LogP contribution in [-0.4, -0.2) is 37.0 Å². The number of rotatable bonds is 6. The first kappa shape index (κ1) is 15.5. The molecule has 21 heavy (non-hydrogen) atoms. The average Bonchev–Trinajstić information content (AvgIpc) is 2.52.